The number of nitrogens with one attached hydrogen (secondary N) is 3. The Labute approximate surface area is 138 Å². The lowest BCUT2D eigenvalue weighted by Crippen LogP contribution is -2.30. The van der Waals surface area contributed by atoms with Crippen molar-refractivity contribution in [2.24, 2.45) is 0 Å². The highest BCUT2D eigenvalue weighted by Crippen LogP contribution is 2.28. The number of amides is 2. The van der Waals surface area contributed by atoms with Crippen LogP contribution in [0, 0.1) is 0 Å². The molecule has 114 valence electrons. The highest BCUT2D eigenvalue weighted by molar-refractivity contribution is 6.35. The van der Waals surface area contributed by atoms with Gasteiger partial charge in [0.2, 0.25) is 0 Å². The molecule has 3 rings (SSSR count). The Balaban J connectivity index is 1.63. The first kappa shape index (κ1) is 14.9. The van der Waals surface area contributed by atoms with Gasteiger partial charge in [-0.1, -0.05) is 23.2 Å². The van der Waals surface area contributed by atoms with Crippen LogP contribution in [0.4, 0.5) is 22.0 Å². The summed E-state index contributed by atoms with van der Waals surface area (Å²) in [6.07, 6.45) is 3.71. The number of pyridine rings is 1. The van der Waals surface area contributed by atoms with Gasteiger partial charge in [0.25, 0.3) is 0 Å². The van der Waals surface area contributed by atoms with Gasteiger partial charge in [-0.3, -0.25) is 5.32 Å². The van der Waals surface area contributed by atoms with Gasteiger partial charge in [0, 0.05) is 11.1 Å². The minimum Gasteiger partial charge on any atom is -0.353 e. The molecule has 2 amide bonds. The molecule has 0 spiro atoms. The second kappa shape index (κ2) is 6.42. The summed E-state index contributed by atoms with van der Waals surface area (Å²) >= 11 is 12.0. The van der Waals surface area contributed by atoms with E-state index in [1.807, 2.05) is 0 Å². The third-order valence-electron chi connectivity index (χ3n) is 3.13. The molecule has 0 saturated heterocycles. The first-order valence-corrected chi connectivity index (χ1v) is 7.61. The monoisotopic (exact) mass is 336 g/mol. The fourth-order valence-corrected chi connectivity index (χ4v) is 2.19. The van der Waals surface area contributed by atoms with Gasteiger partial charge >= 0.3 is 6.03 Å². The van der Waals surface area contributed by atoms with E-state index in [1.54, 1.807) is 36.5 Å². The minimum absolute atomic E-state index is 0.228. The molecule has 0 aliphatic heterocycles. The molecule has 0 bridgehead atoms. The summed E-state index contributed by atoms with van der Waals surface area (Å²) in [5.41, 5.74) is 1.44. The van der Waals surface area contributed by atoms with E-state index in [1.165, 1.54) is 0 Å². The maximum atomic E-state index is 11.6. The van der Waals surface area contributed by atoms with Crippen LogP contribution in [-0.4, -0.2) is 17.1 Å². The van der Waals surface area contributed by atoms with Crippen LogP contribution >= 0.6 is 23.2 Å². The smallest absolute Gasteiger partial charge is 0.320 e. The van der Waals surface area contributed by atoms with E-state index in [-0.39, 0.29) is 6.03 Å². The number of carbonyl (C=O) groups is 1. The van der Waals surface area contributed by atoms with Crippen LogP contribution in [0.2, 0.25) is 10.0 Å². The van der Waals surface area contributed by atoms with E-state index in [0.29, 0.717) is 27.6 Å². The van der Waals surface area contributed by atoms with Crippen molar-refractivity contribution in [1.82, 2.24) is 10.3 Å². The number of nitrogens with zero attached hydrogens (tertiary/aromatic N) is 1. The average molecular weight is 337 g/mol. The van der Waals surface area contributed by atoms with E-state index >= 15 is 0 Å². The molecule has 1 heterocycles. The zero-order valence-corrected chi connectivity index (χ0v) is 13.1. The Morgan fingerprint density at radius 2 is 2.00 bits per heavy atom. The van der Waals surface area contributed by atoms with Crippen molar-refractivity contribution in [3.8, 4) is 0 Å². The lowest BCUT2D eigenvalue weighted by molar-refractivity contribution is 0.251. The predicted molar refractivity (Wildman–Crippen MR) is 89.2 cm³/mol. The van der Waals surface area contributed by atoms with Crippen molar-refractivity contribution < 1.29 is 4.79 Å². The van der Waals surface area contributed by atoms with Crippen LogP contribution in [0.5, 0.6) is 0 Å². The first-order valence-electron chi connectivity index (χ1n) is 6.86. The third-order valence-corrected chi connectivity index (χ3v) is 3.69. The Morgan fingerprint density at radius 3 is 2.68 bits per heavy atom. The summed E-state index contributed by atoms with van der Waals surface area (Å²) in [7, 11) is 0. The maximum absolute atomic E-state index is 11.6. The summed E-state index contributed by atoms with van der Waals surface area (Å²) in [4.78, 5) is 15.8. The lowest BCUT2D eigenvalue weighted by Gasteiger charge is -2.10. The van der Waals surface area contributed by atoms with E-state index in [0.717, 1.165) is 18.5 Å². The highest BCUT2D eigenvalue weighted by atomic mass is 35.5. The normalized spacial score (nSPS) is 13.5. The van der Waals surface area contributed by atoms with E-state index in [2.05, 4.69) is 20.9 Å². The Hall–Kier alpha value is -1.98. The van der Waals surface area contributed by atoms with Crippen LogP contribution in [-0.2, 0) is 0 Å². The van der Waals surface area contributed by atoms with Crippen molar-refractivity contribution >= 4 is 46.4 Å². The van der Waals surface area contributed by atoms with Crippen molar-refractivity contribution in [3.63, 3.8) is 0 Å². The number of halogens is 2. The van der Waals surface area contributed by atoms with Gasteiger partial charge in [0.1, 0.15) is 5.82 Å². The number of benzene rings is 1. The zero-order chi connectivity index (χ0) is 15.5. The third kappa shape index (κ3) is 4.02. The van der Waals surface area contributed by atoms with E-state index < -0.39 is 0 Å². The van der Waals surface area contributed by atoms with E-state index in [4.69, 9.17) is 23.2 Å². The molecule has 1 aliphatic rings. The van der Waals surface area contributed by atoms with Gasteiger partial charge in [0.05, 0.1) is 22.6 Å². The van der Waals surface area contributed by atoms with Crippen LogP contribution in [0.15, 0.2) is 36.5 Å². The molecule has 22 heavy (non-hydrogen) atoms. The van der Waals surface area contributed by atoms with Gasteiger partial charge in [-0.2, -0.15) is 0 Å². The van der Waals surface area contributed by atoms with Gasteiger partial charge in [-0.05, 0) is 43.2 Å². The topological polar surface area (TPSA) is 66.0 Å². The second-order valence-corrected chi connectivity index (χ2v) is 5.90. The van der Waals surface area contributed by atoms with Crippen LogP contribution in [0.3, 0.4) is 0 Å². The first-order chi connectivity index (χ1) is 10.6. The van der Waals surface area contributed by atoms with Crippen LogP contribution in [0.1, 0.15) is 12.8 Å². The number of hydrogen-bond acceptors (Lipinski definition) is 3. The van der Waals surface area contributed by atoms with Crippen molar-refractivity contribution in [3.05, 3.63) is 46.6 Å². The maximum Gasteiger partial charge on any atom is 0.320 e. The van der Waals surface area contributed by atoms with Crippen molar-refractivity contribution in [2.75, 3.05) is 10.6 Å². The predicted octanol–water partition coefficient (Wildman–Crippen LogP) is 4.42. The molecule has 3 N–H and O–H groups in total. The molecule has 5 nitrogen and oxygen atoms in total. The van der Waals surface area contributed by atoms with Gasteiger partial charge in [0.15, 0.2) is 0 Å². The van der Waals surface area contributed by atoms with Crippen LogP contribution < -0.4 is 16.0 Å². The fraction of sp³-hybridized carbons (Fsp3) is 0.200. The number of anilines is 3. The molecule has 0 unspecified atom stereocenters. The Kier molecular flexibility index (Phi) is 4.36. The van der Waals surface area contributed by atoms with Gasteiger partial charge < -0.3 is 10.6 Å². The second-order valence-electron chi connectivity index (χ2n) is 5.05. The molecular weight excluding hydrogens is 323 g/mol. The number of carbonyl (C=O) groups excluding carboxylic acids is 1. The number of urea groups is 1. The van der Waals surface area contributed by atoms with Crippen LogP contribution in [0.25, 0.3) is 0 Å². The highest BCUT2D eigenvalue weighted by Gasteiger charge is 2.23. The zero-order valence-electron chi connectivity index (χ0n) is 11.6. The molecule has 0 atom stereocenters. The molecule has 1 aliphatic carbocycles. The molecular formula is C15H14Cl2N4O. The Bertz CT molecular complexity index is 686. The molecule has 7 heteroatoms. The van der Waals surface area contributed by atoms with Gasteiger partial charge in [-0.15, -0.1) is 0 Å². The fourth-order valence-electron chi connectivity index (χ4n) is 1.86. The molecule has 0 radical (unpaired) electrons. The summed E-state index contributed by atoms with van der Waals surface area (Å²) in [5.74, 6) is 0.487. The summed E-state index contributed by atoms with van der Waals surface area (Å²) < 4.78 is 0. The largest absolute Gasteiger partial charge is 0.353 e. The quantitative estimate of drug-likeness (QED) is 0.774. The SMILES string of the molecule is O=C(Nc1ccc(Nc2cc(Cl)ccc2Cl)cn1)NC1CC1. The molecule has 1 saturated carbocycles. The Morgan fingerprint density at radius 1 is 1.18 bits per heavy atom. The summed E-state index contributed by atoms with van der Waals surface area (Å²) in [5, 5.41) is 9.81. The molecule has 1 fully saturated rings. The lowest BCUT2D eigenvalue weighted by atomic mass is 10.3. The number of hydrogen-bond donors (Lipinski definition) is 3. The standard InChI is InChI=1S/C15H14Cl2N4O/c16-9-1-5-12(17)13(7-9)19-11-4-6-14(18-8-11)21-15(22)20-10-2-3-10/h1,4-8,10,19H,2-3H2,(H2,18,20,21,22). The number of rotatable bonds is 4. The van der Waals surface area contributed by atoms with Crippen molar-refractivity contribution in [2.45, 2.75) is 18.9 Å². The number of aromatic nitrogens is 1. The van der Waals surface area contributed by atoms with E-state index in [9.17, 15) is 4.79 Å². The molecule has 1 aromatic heterocycles. The average Bonchev–Trinajstić information content (AvgIpc) is 3.29. The summed E-state index contributed by atoms with van der Waals surface area (Å²) in [6.45, 7) is 0. The van der Waals surface area contributed by atoms with Crippen molar-refractivity contribution in [1.29, 1.82) is 0 Å². The minimum atomic E-state index is -0.228. The van der Waals surface area contributed by atoms with Gasteiger partial charge in [-0.25, -0.2) is 9.78 Å². The molecule has 2 aromatic rings. The summed E-state index contributed by atoms with van der Waals surface area (Å²) in [6, 6.07) is 8.78. The molecule has 1 aromatic carbocycles.